The molecule has 4 N–H and O–H groups in total. The zero-order chi connectivity index (χ0) is 27.9. The normalized spacial score (nSPS) is 18.4. The Kier molecular flexibility index (Phi) is 9.66. The standard InChI is InChI=1S/C28H36ClN5O5/c1-18(35)20-4-3-5-21(12-20)32-28(37)34-8-6-19(7-9-34)16-33-10-11-39-22(17-33)15-31-27(36)23-13-24(29)25(30)14-26(23)38-2/h3-5,12-14,19,22H,6-11,15-17,30H2,1-2H3,(H,31,36)(H,32,37). The molecule has 2 aromatic rings. The summed E-state index contributed by atoms with van der Waals surface area (Å²) < 4.78 is 11.2. The van der Waals surface area contributed by atoms with Crippen LogP contribution in [0.1, 0.15) is 40.5 Å². The fourth-order valence-electron chi connectivity index (χ4n) is 4.99. The smallest absolute Gasteiger partial charge is 0.321 e. The summed E-state index contributed by atoms with van der Waals surface area (Å²) in [4.78, 5) is 41.3. The van der Waals surface area contributed by atoms with Crippen molar-refractivity contribution in [2.24, 2.45) is 5.92 Å². The number of ether oxygens (including phenoxy) is 2. The molecule has 0 spiro atoms. The molecule has 3 amide bonds. The molecule has 1 atom stereocenters. The number of Topliss-reactive ketones (excluding diaryl/α,β-unsaturated/α-hetero) is 1. The number of piperidine rings is 1. The minimum absolute atomic E-state index is 0.0356. The number of methoxy groups -OCH3 is 1. The van der Waals surface area contributed by atoms with Gasteiger partial charge in [-0.2, -0.15) is 0 Å². The van der Waals surface area contributed by atoms with Gasteiger partial charge in [0.2, 0.25) is 0 Å². The van der Waals surface area contributed by atoms with Gasteiger partial charge < -0.3 is 30.7 Å². The molecule has 2 aliphatic rings. The highest BCUT2D eigenvalue weighted by molar-refractivity contribution is 6.33. The van der Waals surface area contributed by atoms with Gasteiger partial charge in [-0.15, -0.1) is 0 Å². The van der Waals surface area contributed by atoms with Crippen molar-refractivity contribution >= 4 is 40.7 Å². The molecule has 0 aliphatic carbocycles. The molecule has 4 rings (SSSR count). The number of nitrogens with two attached hydrogens (primary N) is 1. The fourth-order valence-corrected chi connectivity index (χ4v) is 5.15. The van der Waals surface area contributed by atoms with E-state index in [4.69, 9.17) is 26.8 Å². The van der Waals surface area contributed by atoms with E-state index < -0.39 is 0 Å². The minimum Gasteiger partial charge on any atom is -0.496 e. The van der Waals surface area contributed by atoms with E-state index in [1.807, 2.05) is 4.90 Å². The number of nitrogens with zero attached hydrogens (tertiary/aromatic N) is 2. The van der Waals surface area contributed by atoms with Crippen LogP contribution in [-0.4, -0.2) is 86.6 Å². The SMILES string of the molecule is COc1cc(N)c(Cl)cc1C(=O)NCC1CN(CC2CCN(C(=O)Nc3cccc(C(C)=O)c3)CC2)CCO1. The Bertz CT molecular complexity index is 1200. The van der Waals surface area contributed by atoms with Crippen LogP contribution in [0.4, 0.5) is 16.2 Å². The molecule has 0 aromatic heterocycles. The van der Waals surface area contributed by atoms with Gasteiger partial charge in [0.25, 0.3) is 5.91 Å². The molecule has 0 saturated carbocycles. The number of likely N-dealkylation sites (tertiary alicyclic amines) is 1. The third-order valence-corrected chi connectivity index (χ3v) is 7.54. The lowest BCUT2D eigenvalue weighted by Crippen LogP contribution is -2.50. The van der Waals surface area contributed by atoms with Gasteiger partial charge in [-0.3, -0.25) is 14.5 Å². The number of nitrogen functional groups attached to an aromatic ring is 1. The average molecular weight is 558 g/mol. The monoisotopic (exact) mass is 557 g/mol. The molecule has 2 aromatic carbocycles. The Morgan fingerprint density at radius 1 is 1.15 bits per heavy atom. The van der Waals surface area contributed by atoms with Gasteiger partial charge in [-0.05, 0) is 43.9 Å². The second-order valence-corrected chi connectivity index (χ2v) is 10.4. The highest BCUT2D eigenvalue weighted by Gasteiger charge is 2.28. The molecule has 39 heavy (non-hydrogen) atoms. The van der Waals surface area contributed by atoms with Crippen LogP contribution < -0.4 is 21.1 Å². The zero-order valence-corrected chi connectivity index (χ0v) is 23.1. The third-order valence-electron chi connectivity index (χ3n) is 7.22. The Morgan fingerprint density at radius 3 is 2.64 bits per heavy atom. The van der Waals surface area contributed by atoms with Gasteiger partial charge >= 0.3 is 6.03 Å². The minimum atomic E-state index is -0.298. The molecule has 2 heterocycles. The highest BCUT2D eigenvalue weighted by Crippen LogP contribution is 2.29. The number of amides is 3. The van der Waals surface area contributed by atoms with E-state index >= 15 is 0 Å². The lowest BCUT2D eigenvalue weighted by atomic mass is 9.96. The molecular weight excluding hydrogens is 522 g/mol. The quantitative estimate of drug-likeness (QED) is 0.335. The predicted molar refractivity (Wildman–Crippen MR) is 151 cm³/mol. The number of rotatable bonds is 8. The third kappa shape index (κ3) is 7.62. The number of nitrogens with one attached hydrogen (secondary N) is 2. The van der Waals surface area contributed by atoms with Crippen LogP contribution in [0, 0.1) is 5.92 Å². The summed E-state index contributed by atoms with van der Waals surface area (Å²) in [7, 11) is 1.48. The first kappa shape index (κ1) is 28.7. The molecule has 0 radical (unpaired) electrons. The number of carbonyl (C=O) groups is 3. The number of ketones is 1. The maximum absolute atomic E-state index is 12.8. The summed E-state index contributed by atoms with van der Waals surface area (Å²) >= 11 is 6.10. The summed E-state index contributed by atoms with van der Waals surface area (Å²) in [6.07, 6.45) is 1.70. The molecule has 2 saturated heterocycles. The maximum Gasteiger partial charge on any atom is 0.321 e. The summed E-state index contributed by atoms with van der Waals surface area (Å²) in [5.41, 5.74) is 7.69. The number of anilines is 2. The Labute approximate surface area is 233 Å². The van der Waals surface area contributed by atoms with E-state index in [0.29, 0.717) is 72.0 Å². The molecule has 0 bridgehead atoms. The number of benzene rings is 2. The van der Waals surface area contributed by atoms with Crippen molar-refractivity contribution in [1.82, 2.24) is 15.1 Å². The molecule has 210 valence electrons. The van der Waals surface area contributed by atoms with E-state index in [-0.39, 0.29) is 23.8 Å². The topological polar surface area (TPSA) is 126 Å². The van der Waals surface area contributed by atoms with Gasteiger partial charge in [-0.1, -0.05) is 23.7 Å². The van der Waals surface area contributed by atoms with Gasteiger partial charge in [-0.25, -0.2) is 4.79 Å². The highest BCUT2D eigenvalue weighted by atomic mass is 35.5. The Hall–Kier alpha value is -3.34. The number of hydrogen-bond acceptors (Lipinski definition) is 7. The van der Waals surface area contributed by atoms with Crippen LogP contribution in [0.15, 0.2) is 36.4 Å². The second-order valence-electron chi connectivity index (χ2n) is 10.0. The first-order valence-corrected chi connectivity index (χ1v) is 13.5. The number of hydrogen-bond donors (Lipinski definition) is 3. The van der Waals surface area contributed by atoms with Gasteiger partial charge in [0, 0.05) is 56.6 Å². The summed E-state index contributed by atoms with van der Waals surface area (Å²) in [5, 5.41) is 6.13. The first-order valence-electron chi connectivity index (χ1n) is 13.2. The lowest BCUT2D eigenvalue weighted by Gasteiger charge is -2.38. The molecule has 2 aliphatic heterocycles. The van der Waals surface area contributed by atoms with Gasteiger partial charge in [0.1, 0.15) is 5.75 Å². The summed E-state index contributed by atoms with van der Waals surface area (Å²) in [6, 6.07) is 9.90. The molecule has 2 fully saturated rings. The van der Waals surface area contributed by atoms with E-state index in [1.54, 1.807) is 24.3 Å². The predicted octanol–water partition coefficient (Wildman–Crippen LogP) is 3.51. The van der Waals surface area contributed by atoms with Crippen molar-refractivity contribution in [2.45, 2.75) is 25.9 Å². The first-order chi connectivity index (χ1) is 18.7. The second kappa shape index (κ2) is 13.1. The molecule has 11 heteroatoms. The Balaban J connectivity index is 1.21. The van der Waals surface area contributed by atoms with E-state index in [9.17, 15) is 14.4 Å². The fraction of sp³-hybridized carbons (Fsp3) is 0.464. The van der Waals surface area contributed by atoms with Crippen LogP contribution in [0.3, 0.4) is 0 Å². The van der Waals surface area contributed by atoms with Crippen molar-refractivity contribution < 1.29 is 23.9 Å². The van der Waals surface area contributed by atoms with Crippen LogP contribution in [-0.2, 0) is 4.74 Å². The van der Waals surface area contributed by atoms with E-state index in [1.165, 1.54) is 26.2 Å². The maximum atomic E-state index is 12.8. The van der Waals surface area contributed by atoms with Crippen molar-refractivity contribution in [1.29, 1.82) is 0 Å². The van der Waals surface area contributed by atoms with Crippen molar-refractivity contribution in [3.05, 3.63) is 52.5 Å². The van der Waals surface area contributed by atoms with Crippen LogP contribution in [0.2, 0.25) is 5.02 Å². The largest absolute Gasteiger partial charge is 0.496 e. The Morgan fingerprint density at radius 2 is 1.92 bits per heavy atom. The number of morpholine rings is 1. The van der Waals surface area contributed by atoms with E-state index in [2.05, 4.69) is 15.5 Å². The molecule has 10 nitrogen and oxygen atoms in total. The number of halogens is 1. The summed E-state index contributed by atoms with van der Waals surface area (Å²) in [5.74, 6) is 0.509. The van der Waals surface area contributed by atoms with Crippen molar-refractivity contribution in [2.75, 3.05) is 64.0 Å². The van der Waals surface area contributed by atoms with Crippen molar-refractivity contribution in [3.8, 4) is 5.75 Å². The van der Waals surface area contributed by atoms with Crippen molar-refractivity contribution in [3.63, 3.8) is 0 Å². The van der Waals surface area contributed by atoms with Crippen LogP contribution in [0.25, 0.3) is 0 Å². The molecular formula is C28H36ClN5O5. The number of carbonyl (C=O) groups excluding carboxylic acids is 3. The van der Waals surface area contributed by atoms with E-state index in [0.717, 1.165) is 25.9 Å². The van der Waals surface area contributed by atoms with Crippen LogP contribution >= 0.6 is 11.6 Å². The van der Waals surface area contributed by atoms with Gasteiger partial charge in [0.05, 0.1) is 36.1 Å². The molecule has 1 unspecified atom stereocenters. The average Bonchev–Trinajstić information content (AvgIpc) is 2.93. The summed E-state index contributed by atoms with van der Waals surface area (Å²) in [6.45, 7) is 6.30. The van der Waals surface area contributed by atoms with Crippen LogP contribution in [0.5, 0.6) is 5.75 Å². The lowest BCUT2D eigenvalue weighted by molar-refractivity contribution is -0.0330. The van der Waals surface area contributed by atoms with Gasteiger partial charge in [0.15, 0.2) is 5.78 Å². The number of urea groups is 1. The zero-order valence-electron chi connectivity index (χ0n) is 22.4.